The Morgan fingerprint density at radius 1 is 1.10 bits per heavy atom. The number of hydrogen-bond acceptors (Lipinski definition) is 4. The monoisotopic (exact) mass is 303 g/mol. The first-order chi connectivity index (χ1) is 9.79. The number of rotatable bonds is 10. The lowest BCUT2D eigenvalue weighted by molar-refractivity contribution is -0.140. The maximum absolute atomic E-state index is 11.7. The molecule has 0 aliphatic carbocycles. The maximum atomic E-state index is 11.7. The molecule has 0 bridgehead atoms. The minimum Gasteiger partial charge on any atom is -0.481 e. The Bertz CT molecular complexity index is 358. The second-order valence-corrected chi connectivity index (χ2v) is 4.83. The topological polar surface area (TPSA) is 119 Å². The molecular weight excluding hydrogens is 278 g/mol. The molecule has 0 aliphatic rings. The molecule has 0 aromatic heterocycles. The van der Waals surface area contributed by atoms with Gasteiger partial charge in [0.05, 0.1) is 0 Å². The van der Waals surface area contributed by atoms with E-state index < -0.39 is 24.0 Å². The van der Waals surface area contributed by atoms with Crippen LogP contribution in [-0.4, -0.2) is 64.8 Å². The van der Waals surface area contributed by atoms with E-state index in [0.29, 0.717) is 6.54 Å². The third-order valence-electron chi connectivity index (χ3n) is 3.05. The van der Waals surface area contributed by atoms with Crippen LogP contribution in [0.4, 0.5) is 4.79 Å². The summed E-state index contributed by atoms with van der Waals surface area (Å²) in [6, 6.07) is -1.95. The molecule has 0 aliphatic heterocycles. The van der Waals surface area contributed by atoms with E-state index in [4.69, 9.17) is 10.2 Å². The summed E-state index contributed by atoms with van der Waals surface area (Å²) in [7, 11) is 0. The number of amides is 2. The summed E-state index contributed by atoms with van der Waals surface area (Å²) in [6.45, 7) is 8.24. The average molecular weight is 303 g/mol. The van der Waals surface area contributed by atoms with Crippen LogP contribution in [0, 0.1) is 0 Å². The Morgan fingerprint density at radius 2 is 1.67 bits per heavy atom. The molecular formula is C13H25N3O5. The summed E-state index contributed by atoms with van der Waals surface area (Å²) < 4.78 is 0. The molecule has 0 aromatic rings. The van der Waals surface area contributed by atoms with Crippen LogP contribution in [0.25, 0.3) is 0 Å². The van der Waals surface area contributed by atoms with Crippen LogP contribution in [0.2, 0.25) is 0 Å². The number of nitrogens with one attached hydrogen (secondary N) is 2. The first-order valence-corrected chi connectivity index (χ1v) is 7.04. The Balaban J connectivity index is 4.30. The zero-order chi connectivity index (χ0) is 16.4. The van der Waals surface area contributed by atoms with Crippen LogP contribution in [0.15, 0.2) is 0 Å². The van der Waals surface area contributed by atoms with Crippen LogP contribution < -0.4 is 10.6 Å². The van der Waals surface area contributed by atoms with E-state index in [1.54, 1.807) is 0 Å². The van der Waals surface area contributed by atoms with E-state index in [1.807, 2.05) is 20.8 Å². The van der Waals surface area contributed by atoms with Gasteiger partial charge in [-0.05, 0) is 26.4 Å². The van der Waals surface area contributed by atoms with Crippen LogP contribution >= 0.6 is 0 Å². The van der Waals surface area contributed by atoms with Gasteiger partial charge < -0.3 is 25.7 Å². The minimum absolute atomic E-state index is 0.140. The number of carboxylic acid groups (broad SMARTS) is 2. The van der Waals surface area contributed by atoms with E-state index >= 15 is 0 Å². The predicted molar refractivity (Wildman–Crippen MR) is 77.2 cm³/mol. The van der Waals surface area contributed by atoms with E-state index in [9.17, 15) is 14.4 Å². The molecule has 0 heterocycles. The Kier molecular flexibility index (Phi) is 9.11. The van der Waals surface area contributed by atoms with Crippen molar-refractivity contribution in [2.45, 2.75) is 45.7 Å². The third kappa shape index (κ3) is 8.85. The quantitative estimate of drug-likeness (QED) is 0.462. The Labute approximate surface area is 124 Å². The molecule has 0 saturated carbocycles. The maximum Gasteiger partial charge on any atom is 0.326 e. The van der Waals surface area contributed by atoms with Crippen molar-refractivity contribution in [2.24, 2.45) is 0 Å². The second kappa shape index (κ2) is 9.98. The van der Waals surface area contributed by atoms with Crippen LogP contribution in [0.3, 0.4) is 0 Å². The lowest BCUT2D eigenvalue weighted by Gasteiger charge is -2.24. The highest BCUT2D eigenvalue weighted by Crippen LogP contribution is 1.98. The van der Waals surface area contributed by atoms with Gasteiger partial charge >= 0.3 is 18.0 Å². The summed E-state index contributed by atoms with van der Waals surface area (Å²) in [5.41, 5.74) is 0. The molecule has 0 spiro atoms. The smallest absolute Gasteiger partial charge is 0.326 e. The van der Waals surface area contributed by atoms with Crippen molar-refractivity contribution in [3.05, 3.63) is 0 Å². The van der Waals surface area contributed by atoms with Gasteiger partial charge in [0.1, 0.15) is 6.04 Å². The van der Waals surface area contributed by atoms with E-state index in [1.165, 1.54) is 0 Å². The number of carbonyl (C=O) groups is 3. The van der Waals surface area contributed by atoms with Crippen LogP contribution in [0.5, 0.6) is 0 Å². The number of likely N-dealkylation sites (N-methyl/N-ethyl adjacent to an activating group) is 1. The molecule has 2 unspecified atom stereocenters. The van der Waals surface area contributed by atoms with Gasteiger partial charge in [0.15, 0.2) is 0 Å². The van der Waals surface area contributed by atoms with Gasteiger partial charge in [-0.2, -0.15) is 0 Å². The molecule has 0 saturated heterocycles. The third-order valence-corrected chi connectivity index (χ3v) is 3.05. The van der Waals surface area contributed by atoms with Crippen molar-refractivity contribution in [3.8, 4) is 0 Å². The molecule has 0 fully saturated rings. The molecule has 2 atom stereocenters. The molecule has 2 amide bonds. The zero-order valence-electron chi connectivity index (χ0n) is 12.8. The fourth-order valence-electron chi connectivity index (χ4n) is 1.86. The van der Waals surface area contributed by atoms with Gasteiger partial charge in [-0.25, -0.2) is 9.59 Å². The Morgan fingerprint density at radius 3 is 2.10 bits per heavy atom. The van der Waals surface area contributed by atoms with Crippen molar-refractivity contribution < 1.29 is 24.6 Å². The molecule has 8 heteroatoms. The molecule has 21 heavy (non-hydrogen) atoms. The molecule has 0 radical (unpaired) electrons. The molecule has 8 nitrogen and oxygen atoms in total. The summed E-state index contributed by atoms with van der Waals surface area (Å²) in [5.74, 6) is -2.35. The summed E-state index contributed by atoms with van der Waals surface area (Å²) in [4.78, 5) is 35.3. The summed E-state index contributed by atoms with van der Waals surface area (Å²) >= 11 is 0. The first kappa shape index (κ1) is 19.2. The number of hydrogen-bond donors (Lipinski definition) is 4. The predicted octanol–water partition coefficient (Wildman–Crippen LogP) is 0.334. The first-order valence-electron chi connectivity index (χ1n) is 7.04. The number of urea groups is 1. The van der Waals surface area contributed by atoms with Crippen LogP contribution in [0.1, 0.15) is 33.6 Å². The van der Waals surface area contributed by atoms with Gasteiger partial charge in [0, 0.05) is 19.0 Å². The number of carboxylic acids is 2. The summed E-state index contributed by atoms with van der Waals surface area (Å²) in [5, 5.41) is 22.4. The van der Waals surface area contributed by atoms with Crippen molar-refractivity contribution in [1.82, 2.24) is 15.5 Å². The SMILES string of the molecule is CCN(CC)CC(C)NC(=O)NC(CCC(=O)O)C(=O)O. The average Bonchev–Trinajstić information content (AvgIpc) is 2.39. The number of nitrogens with zero attached hydrogens (tertiary/aromatic N) is 1. The van der Waals surface area contributed by atoms with Crippen molar-refractivity contribution >= 4 is 18.0 Å². The van der Waals surface area contributed by atoms with Gasteiger partial charge in [0.2, 0.25) is 0 Å². The van der Waals surface area contributed by atoms with Gasteiger partial charge in [-0.3, -0.25) is 4.79 Å². The molecule has 4 N–H and O–H groups in total. The number of aliphatic carboxylic acids is 2. The van der Waals surface area contributed by atoms with Crippen LogP contribution in [-0.2, 0) is 9.59 Å². The lowest BCUT2D eigenvalue weighted by Crippen LogP contribution is -2.50. The summed E-state index contributed by atoms with van der Waals surface area (Å²) in [6.07, 6.45) is -0.464. The highest BCUT2D eigenvalue weighted by Gasteiger charge is 2.21. The second-order valence-electron chi connectivity index (χ2n) is 4.83. The number of carbonyl (C=O) groups excluding carboxylic acids is 1. The Hall–Kier alpha value is -1.83. The molecule has 0 rings (SSSR count). The van der Waals surface area contributed by atoms with Crippen molar-refractivity contribution in [1.29, 1.82) is 0 Å². The van der Waals surface area contributed by atoms with Crippen molar-refractivity contribution in [2.75, 3.05) is 19.6 Å². The minimum atomic E-state index is -1.25. The normalized spacial score (nSPS) is 13.5. The largest absolute Gasteiger partial charge is 0.481 e. The van der Waals surface area contributed by atoms with E-state index in [-0.39, 0.29) is 18.9 Å². The fraction of sp³-hybridized carbons (Fsp3) is 0.769. The highest BCUT2D eigenvalue weighted by atomic mass is 16.4. The van der Waals surface area contributed by atoms with Gasteiger partial charge in [-0.1, -0.05) is 13.8 Å². The molecule has 0 aromatic carbocycles. The zero-order valence-corrected chi connectivity index (χ0v) is 12.8. The lowest BCUT2D eigenvalue weighted by atomic mass is 10.1. The van der Waals surface area contributed by atoms with E-state index in [0.717, 1.165) is 13.1 Å². The fourth-order valence-corrected chi connectivity index (χ4v) is 1.86. The standard InChI is InChI=1S/C13H25N3O5/c1-4-16(5-2)8-9(3)14-13(21)15-10(12(19)20)6-7-11(17)18/h9-10H,4-8H2,1-3H3,(H,17,18)(H,19,20)(H2,14,15,21). The van der Waals surface area contributed by atoms with Gasteiger partial charge in [-0.15, -0.1) is 0 Å². The molecule has 122 valence electrons. The van der Waals surface area contributed by atoms with Crippen molar-refractivity contribution in [3.63, 3.8) is 0 Å². The van der Waals surface area contributed by atoms with Gasteiger partial charge in [0.25, 0.3) is 0 Å². The highest BCUT2D eigenvalue weighted by molar-refractivity contribution is 5.83. The van der Waals surface area contributed by atoms with E-state index in [2.05, 4.69) is 15.5 Å².